The van der Waals surface area contributed by atoms with E-state index < -0.39 is 0 Å². The molecule has 0 amide bonds. The standard InChI is InChI=1S/C15H18ClN3/c1-9(2)19-14(17)13(18-15(19)10-6-7-10)11-4-3-5-12(16)8-11/h3-5,8-10H,6-7,17H2,1-2H3. The summed E-state index contributed by atoms with van der Waals surface area (Å²) in [6.45, 7) is 4.29. The van der Waals surface area contributed by atoms with E-state index in [1.165, 1.54) is 12.8 Å². The lowest BCUT2D eigenvalue weighted by atomic mass is 10.1. The number of imidazole rings is 1. The molecule has 0 spiro atoms. The molecule has 0 radical (unpaired) electrons. The third-order valence-electron chi connectivity index (χ3n) is 3.53. The molecule has 1 aromatic heterocycles. The molecule has 0 bridgehead atoms. The Morgan fingerprint density at radius 2 is 2.11 bits per heavy atom. The van der Waals surface area contributed by atoms with Gasteiger partial charge in [0.05, 0.1) is 0 Å². The van der Waals surface area contributed by atoms with Gasteiger partial charge in [-0.05, 0) is 38.8 Å². The topological polar surface area (TPSA) is 43.8 Å². The zero-order chi connectivity index (χ0) is 13.6. The van der Waals surface area contributed by atoms with Crippen LogP contribution in [-0.2, 0) is 0 Å². The van der Waals surface area contributed by atoms with Crippen molar-refractivity contribution in [3.63, 3.8) is 0 Å². The van der Waals surface area contributed by atoms with Crippen molar-refractivity contribution < 1.29 is 0 Å². The van der Waals surface area contributed by atoms with Gasteiger partial charge in [0, 0.05) is 22.5 Å². The van der Waals surface area contributed by atoms with Crippen LogP contribution in [-0.4, -0.2) is 9.55 Å². The largest absolute Gasteiger partial charge is 0.383 e. The van der Waals surface area contributed by atoms with E-state index in [2.05, 4.69) is 18.4 Å². The minimum atomic E-state index is 0.330. The maximum atomic E-state index is 6.31. The van der Waals surface area contributed by atoms with Crippen molar-refractivity contribution in [2.75, 3.05) is 5.73 Å². The van der Waals surface area contributed by atoms with E-state index in [4.69, 9.17) is 22.3 Å². The van der Waals surface area contributed by atoms with Crippen LogP contribution in [0.25, 0.3) is 11.3 Å². The van der Waals surface area contributed by atoms with Crippen LogP contribution in [0.3, 0.4) is 0 Å². The van der Waals surface area contributed by atoms with Crippen LogP contribution in [0.5, 0.6) is 0 Å². The number of nitrogen functional groups attached to an aromatic ring is 1. The Morgan fingerprint density at radius 1 is 1.37 bits per heavy atom. The molecular formula is C15H18ClN3. The average molecular weight is 276 g/mol. The molecule has 0 saturated heterocycles. The smallest absolute Gasteiger partial charge is 0.131 e. The van der Waals surface area contributed by atoms with Gasteiger partial charge in [-0.1, -0.05) is 23.7 Å². The van der Waals surface area contributed by atoms with Crippen molar-refractivity contribution >= 4 is 17.4 Å². The molecule has 1 heterocycles. The van der Waals surface area contributed by atoms with Crippen molar-refractivity contribution in [3.8, 4) is 11.3 Å². The van der Waals surface area contributed by atoms with Crippen LogP contribution in [0, 0.1) is 0 Å². The maximum absolute atomic E-state index is 6.31. The Kier molecular flexibility index (Phi) is 3.02. The third-order valence-corrected chi connectivity index (χ3v) is 3.77. The summed E-state index contributed by atoms with van der Waals surface area (Å²) in [4.78, 5) is 4.78. The number of halogens is 1. The van der Waals surface area contributed by atoms with Gasteiger partial charge in [-0.3, -0.25) is 0 Å². The van der Waals surface area contributed by atoms with E-state index >= 15 is 0 Å². The summed E-state index contributed by atoms with van der Waals surface area (Å²) in [6.07, 6.45) is 2.44. The maximum Gasteiger partial charge on any atom is 0.131 e. The lowest BCUT2D eigenvalue weighted by Crippen LogP contribution is -2.08. The number of anilines is 1. The molecule has 0 atom stereocenters. The summed E-state index contributed by atoms with van der Waals surface area (Å²) in [6, 6.07) is 8.05. The summed E-state index contributed by atoms with van der Waals surface area (Å²) < 4.78 is 2.16. The highest BCUT2D eigenvalue weighted by molar-refractivity contribution is 6.30. The van der Waals surface area contributed by atoms with Gasteiger partial charge < -0.3 is 10.3 Å². The van der Waals surface area contributed by atoms with E-state index in [9.17, 15) is 0 Å². The highest BCUT2D eigenvalue weighted by Crippen LogP contribution is 2.43. The second-order valence-corrected chi connectivity index (χ2v) is 5.89. The van der Waals surface area contributed by atoms with Crippen LogP contribution in [0.15, 0.2) is 24.3 Å². The number of nitrogens with zero attached hydrogens (tertiary/aromatic N) is 2. The van der Waals surface area contributed by atoms with E-state index in [0.717, 1.165) is 22.9 Å². The van der Waals surface area contributed by atoms with E-state index in [1.807, 2.05) is 24.3 Å². The van der Waals surface area contributed by atoms with E-state index in [-0.39, 0.29) is 0 Å². The van der Waals surface area contributed by atoms with Gasteiger partial charge in [0.1, 0.15) is 17.3 Å². The first-order chi connectivity index (χ1) is 9.08. The molecule has 1 aromatic carbocycles. The second-order valence-electron chi connectivity index (χ2n) is 5.45. The molecule has 1 aliphatic carbocycles. The molecule has 0 aliphatic heterocycles. The quantitative estimate of drug-likeness (QED) is 0.910. The lowest BCUT2D eigenvalue weighted by Gasteiger charge is -2.13. The van der Waals surface area contributed by atoms with Crippen molar-refractivity contribution in [2.24, 2.45) is 0 Å². The molecule has 100 valence electrons. The molecule has 2 N–H and O–H groups in total. The van der Waals surface area contributed by atoms with Gasteiger partial charge in [0.25, 0.3) is 0 Å². The van der Waals surface area contributed by atoms with Crippen molar-refractivity contribution in [1.82, 2.24) is 9.55 Å². The number of hydrogen-bond acceptors (Lipinski definition) is 2. The Labute approximate surface area is 118 Å². The van der Waals surface area contributed by atoms with Crippen molar-refractivity contribution in [1.29, 1.82) is 0 Å². The van der Waals surface area contributed by atoms with Crippen LogP contribution in [0.1, 0.15) is 44.5 Å². The highest BCUT2D eigenvalue weighted by Gasteiger charge is 2.31. The zero-order valence-corrected chi connectivity index (χ0v) is 12.0. The number of rotatable bonds is 3. The first kappa shape index (κ1) is 12.5. The number of hydrogen-bond donors (Lipinski definition) is 1. The summed E-state index contributed by atoms with van der Waals surface area (Å²) >= 11 is 6.06. The number of nitrogens with two attached hydrogens (primary N) is 1. The average Bonchev–Trinajstić information content (AvgIpc) is 3.13. The fourth-order valence-electron chi connectivity index (χ4n) is 2.48. The predicted octanol–water partition coefficient (Wildman–Crippen LogP) is 4.24. The summed E-state index contributed by atoms with van der Waals surface area (Å²) in [5.74, 6) is 2.46. The first-order valence-corrected chi connectivity index (χ1v) is 7.09. The lowest BCUT2D eigenvalue weighted by molar-refractivity contribution is 0.576. The van der Waals surface area contributed by atoms with Gasteiger partial charge >= 0.3 is 0 Å². The minimum absolute atomic E-state index is 0.330. The van der Waals surface area contributed by atoms with Crippen molar-refractivity contribution in [3.05, 3.63) is 35.1 Å². The Hall–Kier alpha value is -1.48. The Balaban J connectivity index is 2.14. The second kappa shape index (κ2) is 4.57. The fraction of sp³-hybridized carbons (Fsp3) is 0.400. The van der Waals surface area contributed by atoms with Gasteiger partial charge in [-0.25, -0.2) is 4.98 Å². The monoisotopic (exact) mass is 275 g/mol. The molecule has 1 aliphatic rings. The van der Waals surface area contributed by atoms with Gasteiger partial charge in [0.15, 0.2) is 0 Å². The van der Waals surface area contributed by atoms with Crippen LogP contribution in [0.4, 0.5) is 5.82 Å². The summed E-state index contributed by atoms with van der Waals surface area (Å²) in [7, 11) is 0. The molecule has 19 heavy (non-hydrogen) atoms. The number of aromatic nitrogens is 2. The Morgan fingerprint density at radius 3 is 2.68 bits per heavy atom. The zero-order valence-electron chi connectivity index (χ0n) is 11.2. The molecule has 1 fully saturated rings. The van der Waals surface area contributed by atoms with Crippen LogP contribution >= 0.6 is 11.6 Å². The molecular weight excluding hydrogens is 258 g/mol. The van der Waals surface area contributed by atoms with E-state index in [0.29, 0.717) is 17.0 Å². The molecule has 3 rings (SSSR count). The normalized spacial score (nSPS) is 15.2. The molecule has 1 saturated carbocycles. The minimum Gasteiger partial charge on any atom is -0.383 e. The molecule has 4 heteroatoms. The van der Waals surface area contributed by atoms with Gasteiger partial charge in [0.2, 0.25) is 0 Å². The fourth-order valence-corrected chi connectivity index (χ4v) is 2.67. The third kappa shape index (κ3) is 2.23. The molecule has 3 nitrogen and oxygen atoms in total. The Bertz CT molecular complexity index is 612. The summed E-state index contributed by atoms with van der Waals surface area (Å²) in [5, 5.41) is 0.712. The first-order valence-electron chi connectivity index (χ1n) is 6.71. The summed E-state index contributed by atoms with van der Waals surface area (Å²) in [5.41, 5.74) is 8.16. The highest BCUT2D eigenvalue weighted by atomic mass is 35.5. The molecule has 2 aromatic rings. The van der Waals surface area contributed by atoms with Gasteiger partial charge in [-0.15, -0.1) is 0 Å². The molecule has 0 unspecified atom stereocenters. The van der Waals surface area contributed by atoms with Crippen LogP contribution < -0.4 is 5.73 Å². The predicted molar refractivity (Wildman–Crippen MR) is 79.4 cm³/mol. The van der Waals surface area contributed by atoms with Gasteiger partial charge in [-0.2, -0.15) is 0 Å². The number of benzene rings is 1. The van der Waals surface area contributed by atoms with Crippen molar-refractivity contribution in [2.45, 2.75) is 38.6 Å². The van der Waals surface area contributed by atoms with Crippen LogP contribution in [0.2, 0.25) is 5.02 Å². The van der Waals surface area contributed by atoms with E-state index in [1.54, 1.807) is 0 Å². The SMILES string of the molecule is CC(C)n1c(C2CC2)nc(-c2cccc(Cl)c2)c1N.